The highest BCUT2D eigenvalue weighted by atomic mass is 35.5. The molecule has 0 aromatic heterocycles. The summed E-state index contributed by atoms with van der Waals surface area (Å²) >= 11 is 11.6. The van der Waals surface area contributed by atoms with E-state index in [1.54, 1.807) is 12.1 Å². The zero-order valence-corrected chi connectivity index (χ0v) is 14.5. The van der Waals surface area contributed by atoms with Crippen LogP contribution in [0.3, 0.4) is 0 Å². The van der Waals surface area contributed by atoms with Gasteiger partial charge in [0.2, 0.25) is 15.9 Å². The second-order valence-electron chi connectivity index (χ2n) is 4.81. The van der Waals surface area contributed by atoms with E-state index < -0.39 is 22.5 Å². The average Bonchev–Trinajstić information content (AvgIpc) is 2.50. The molecule has 23 heavy (non-hydrogen) atoms. The Morgan fingerprint density at radius 2 is 1.74 bits per heavy atom. The number of sulfonamides is 1. The van der Waals surface area contributed by atoms with E-state index in [9.17, 15) is 13.2 Å². The Morgan fingerprint density at radius 1 is 1.09 bits per heavy atom. The Bertz CT molecular complexity index is 821. The minimum absolute atomic E-state index is 0.0286. The van der Waals surface area contributed by atoms with Gasteiger partial charge in [-0.15, -0.1) is 0 Å². The van der Waals surface area contributed by atoms with E-state index >= 15 is 0 Å². The molecule has 0 bridgehead atoms. The molecule has 2 aromatic rings. The summed E-state index contributed by atoms with van der Waals surface area (Å²) in [4.78, 5) is 11.7. The Kier molecular flexibility index (Phi) is 5.64. The van der Waals surface area contributed by atoms with Crippen molar-refractivity contribution < 1.29 is 13.2 Å². The molecule has 0 fully saturated rings. The lowest BCUT2D eigenvalue weighted by molar-refractivity contribution is -0.115. The lowest BCUT2D eigenvalue weighted by atomic mass is 10.2. The molecular formula is C15H14Cl2N2O3S. The van der Waals surface area contributed by atoms with Crippen molar-refractivity contribution in [2.75, 3.05) is 11.9 Å². The highest BCUT2D eigenvalue weighted by Gasteiger charge is 2.19. The van der Waals surface area contributed by atoms with E-state index in [-0.39, 0.29) is 14.9 Å². The van der Waals surface area contributed by atoms with Gasteiger partial charge in [-0.1, -0.05) is 40.9 Å². The number of hydrogen-bond acceptors (Lipinski definition) is 3. The summed E-state index contributed by atoms with van der Waals surface area (Å²) in [7, 11) is -3.93. The van der Waals surface area contributed by atoms with Gasteiger partial charge in [0.15, 0.2) is 0 Å². The first kappa shape index (κ1) is 17.7. The van der Waals surface area contributed by atoms with E-state index in [0.717, 1.165) is 5.56 Å². The fourth-order valence-corrected chi connectivity index (χ4v) is 3.51. The molecule has 2 N–H and O–H groups in total. The SMILES string of the molecule is Cc1ccc(NC(=O)CNS(=O)(=O)c2cc(Cl)ccc2Cl)cc1. The molecular weight excluding hydrogens is 359 g/mol. The number of nitrogens with one attached hydrogen (secondary N) is 2. The number of benzene rings is 2. The van der Waals surface area contributed by atoms with Crippen LogP contribution < -0.4 is 10.0 Å². The minimum atomic E-state index is -3.93. The number of halogens is 2. The molecule has 0 unspecified atom stereocenters. The Balaban J connectivity index is 2.02. The Morgan fingerprint density at radius 3 is 2.39 bits per heavy atom. The molecule has 0 atom stereocenters. The van der Waals surface area contributed by atoms with E-state index in [2.05, 4.69) is 10.0 Å². The van der Waals surface area contributed by atoms with Crippen molar-refractivity contribution in [3.05, 3.63) is 58.1 Å². The van der Waals surface area contributed by atoms with E-state index in [1.807, 2.05) is 19.1 Å². The maximum atomic E-state index is 12.2. The minimum Gasteiger partial charge on any atom is -0.325 e. The van der Waals surface area contributed by atoms with Crippen LogP contribution in [0.25, 0.3) is 0 Å². The third kappa shape index (κ3) is 4.94. The fraction of sp³-hybridized carbons (Fsp3) is 0.133. The molecule has 122 valence electrons. The van der Waals surface area contributed by atoms with E-state index in [4.69, 9.17) is 23.2 Å². The fourth-order valence-electron chi connectivity index (χ4n) is 1.76. The number of carbonyl (C=O) groups is 1. The monoisotopic (exact) mass is 372 g/mol. The largest absolute Gasteiger partial charge is 0.325 e. The first-order chi connectivity index (χ1) is 10.8. The predicted octanol–water partition coefficient (Wildman–Crippen LogP) is 3.22. The molecule has 0 aliphatic rings. The van der Waals surface area contributed by atoms with Gasteiger partial charge in [0.1, 0.15) is 4.90 Å². The van der Waals surface area contributed by atoms with Crippen LogP contribution in [0, 0.1) is 6.92 Å². The van der Waals surface area contributed by atoms with Gasteiger partial charge < -0.3 is 5.32 Å². The van der Waals surface area contributed by atoms with Gasteiger partial charge >= 0.3 is 0 Å². The van der Waals surface area contributed by atoms with E-state index in [1.165, 1.54) is 18.2 Å². The summed E-state index contributed by atoms with van der Waals surface area (Å²) in [6, 6.07) is 11.2. The molecule has 2 aromatic carbocycles. The van der Waals surface area contributed by atoms with Crippen molar-refractivity contribution in [3.8, 4) is 0 Å². The van der Waals surface area contributed by atoms with Crippen LogP contribution in [0.15, 0.2) is 47.4 Å². The summed E-state index contributed by atoms with van der Waals surface area (Å²) in [5.41, 5.74) is 1.64. The summed E-state index contributed by atoms with van der Waals surface area (Å²) in [6.07, 6.45) is 0. The highest BCUT2D eigenvalue weighted by Crippen LogP contribution is 2.24. The number of amides is 1. The number of anilines is 1. The first-order valence-corrected chi connectivity index (χ1v) is 8.83. The first-order valence-electron chi connectivity index (χ1n) is 6.59. The number of aryl methyl sites for hydroxylation is 1. The maximum absolute atomic E-state index is 12.2. The van der Waals surface area contributed by atoms with Gasteiger partial charge in [0, 0.05) is 10.7 Å². The zero-order valence-electron chi connectivity index (χ0n) is 12.1. The molecule has 1 amide bonds. The lowest BCUT2D eigenvalue weighted by Crippen LogP contribution is -2.33. The molecule has 2 rings (SSSR count). The molecule has 0 spiro atoms. The van der Waals surface area contributed by atoms with Crippen LogP contribution in [-0.4, -0.2) is 20.9 Å². The predicted molar refractivity (Wildman–Crippen MR) is 91.5 cm³/mol. The van der Waals surface area contributed by atoms with Crippen molar-refractivity contribution in [1.29, 1.82) is 0 Å². The lowest BCUT2D eigenvalue weighted by Gasteiger charge is -2.09. The van der Waals surface area contributed by atoms with Crippen LogP contribution in [0.2, 0.25) is 10.0 Å². The number of hydrogen-bond donors (Lipinski definition) is 2. The standard InChI is InChI=1S/C15H14Cl2N2O3S/c1-10-2-5-12(6-3-10)19-15(20)9-18-23(21,22)14-8-11(16)4-7-13(14)17/h2-8,18H,9H2,1H3,(H,19,20). The quantitative estimate of drug-likeness (QED) is 0.845. The van der Waals surface area contributed by atoms with Crippen LogP contribution >= 0.6 is 23.2 Å². The van der Waals surface area contributed by atoms with Crippen molar-refractivity contribution in [2.45, 2.75) is 11.8 Å². The highest BCUT2D eigenvalue weighted by molar-refractivity contribution is 7.89. The second kappa shape index (κ2) is 7.31. The Hall–Kier alpha value is -1.60. The molecule has 0 aliphatic carbocycles. The number of carbonyl (C=O) groups excluding carboxylic acids is 1. The van der Waals surface area contributed by atoms with Gasteiger partial charge in [-0.05, 0) is 37.3 Å². The average molecular weight is 373 g/mol. The third-order valence-corrected chi connectivity index (χ3v) is 5.06. The van der Waals surface area contributed by atoms with Gasteiger partial charge in [-0.25, -0.2) is 13.1 Å². The topological polar surface area (TPSA) is 75.3 Å². The number of rotatable bonds is 5. The van der Waals surface area contributed by atoms with Crippen LogP contribution in [-0.2, 0) is 14.8 Å². The van der Waals surface area contributed by atoms with Gasteiger partial charge in [0.05, 0.1) is 11.6 Å². The van der Waals surface area contributed by atoms with Crippen molar-refractivity contribution in [2.24, 2.45) is 0 Å². The molecule has 0 aliphatic heterocycles. The van der Waals surface area contributed by atoms with Gasteiger partial charge in [0.25, 0.3) is 0 Å². The normalized spacial score (nSPS) is 11.3. The van der Waals surface area contributed by atoms with Crippen molar-refractivity contribution >= 4 is 44.8 Å². The van der Waals surface area contributed by atoms with Gasteiger partial charge in [-0.3, -0.25) is 4.79 Å². The zero-order chi connectivity index (χ0) is 17.0. The molecule has 0 heterocycles. The maximum Gasteiger partial charge on any atom is 0.242 e. The van der Waals surface area contributed by atoms with Gasteiger partial charge in [-0.2, -0.15) is 0 Å². The molecule has 0 saturated heterocycles. The molecule has 5 nitrogen and oxygen atoms in total. The van der Waals surface area contributed by atoms with Crippen molar-refractivity contribution in [3.63, 3.8) is 0 Å². The molecule has 0 saturated carbocycles. The summed E-state index contributed by atoms with van der Waals surface area (Å²) in [5, 5.41) is 2.86. The van der Waals surface area contributed by atoms with Crippen LogP contribution in [0.4, 0.5) is 5.69 Å². The van der Waals surface area contributed by atoms with Crippen molar-refractivity contribution in [1.82, 2.24) is 4.72 Å². The summed E-state index contributed by atoms with van der Waals surface area (Å²) < 4.78 is 26.5. The van der Waals surface area contributed by atoms with Crippen LogP contribution in [0.1, 0.15) is 5.56 Å². The smallest absolute Gasteiger partial charge is 0.242 e. The molecule has 0 radical (unpaired) electrons. The van der Waals surface area contributed by atoms with E-state index in [0.29, 0.717) is 5.69 Å². The third-order valence-electron chi connectivity index (χ3n) is 2.94. The Labute approximate surface area is 144 Å². The second-order valence-corrected chi connectivity index (χ2v) is 7.39. The van der Waals surface area contributed by atoms with Crippen LogP contribution in [0.5, 0.6) is 0 Å². The summed E-state index contributed by atoms with van der Waals surface area (Å²) in [6.45, 7) is 1.51. The summed E-state index contributed by atoms with van der Waals surface area (Å²) in [5.74, 6) is -0.490. The molecule has 8 heteroatoms.